The van der Waals surface area contributed by atoms with Crippen LogP contribution in [0, 0.1) is 0 Å². The van der Waals surface area contributed by atoms with Crippen molar-refractivity contribution in [3.05, 3.63) is 18.2 Å². The number of sulfonamides is 1. The zero-order valence-corrected chi connectivity index (χ0v) is 14.7. The fourth-order valence-electron chi connectivity index (χ4n) is 2.67. The van der Waals surface area contributed by atoms with E-state index in [2.05, 4.69) is 0 Å². The van der Waals surface area contributed by atoms with E-state index in [-0.39, 0.29) is 42.4 Å². The summed E-state index contributed by atoms with van der Waals surface area (Å²) >= 11 is 0. The van der Waals surface area contributed by atoms with Crippen LogP contribution in [0.25, 0.3) is 0 Å². The van der Waals surface area contributed by atoms with Crippen LogP contribution in [-0.4, -0.2) is 58.9 Å². The second-order valence-electron chi connectivity index (χ2n) is 5.53. The third-order valence-corrected chi connectivity index (χ3v) is 5.81. The smallest absolute Gasteiger partial charge is 0.402 e. The van der Waals surface area contributed by atoms with Crippen molar-refractivity contribution in [2.24, 2.45) is 0 Å². The van der Waals surface area contributed by atoms with Crippen molar-refractivity contribution in [3.63, 3.8) is 0 Å². The summed E-state index contributed by atoms with van der Waals surface area (Å²) in [6.45, 7) is -1.14. The second kappa shape index (κ2) is 7.79. The van der Waals surface area contributed by atoms with E-state index in [1.807, 2.05) is 0 Å². The molecule has 0 atom stereocenters. The lowest BCUT2D eigenvalue weighted by Crippen LogP contribution is -2.47. The largest absolute Gasteiger partial charge is 0.497 e. The summed E-state index contributed by atoms with van der Waals surface area (Å²) < 4.78 is 80.8. The molecule has 1 aromatic carbocycles. The Morgan fingerprint density at radius 1 is 1.20 bits per heavy atom. The summed E-state index contributed by atoms with van der Waals surface area (Å²) in [5.74, 6) is 0.165. The van der Waals surface area contributed by atoms with Gasteiger partial charge in [0.25, 0.3) is 0 Å². The second-order valence-corrected chi connectivity index (χ2v) is 7.38. The van der Waals surface area contributed by atoms with Gasteiger partial charge in [-0.2, -0.15) is 17.5 Å². The van der Waals surface area contributed by atoms with E-state index in [1.54, 1.807) is 0 Å². The molecule has 0 radical (unpaired) electrons. The first-order valence-electron chi connectivity index (χ1n) is 7.57. The Bertz CT molecular complexity index is 687. The highest BCUT2D eigenvalue weighted by Crippen LogP contribution is 2.34. The van der Waals surface area contributed by atoms with Crippen LogP contribution in [0.2, 0.25) is 0 Å². The lowest BCUT2D eigenvalue weighted by molar-refractivity contribution is -0.141. The average molecular weight is 383 g/mol. The Morgan fingerprint density at radius 3 is 2.36 bits per heavy atom. The van der Waals surface area contributed by atoms with Crippen molar-refractivity contribution in [1.29, 1.82) is 0 Å². The molecule has 1 fully saturated rings. The van der Waals surface area contributed by atoms with Gasteiger partial charge in [0, 0.05) is 25.3 Å². The molecular formula is C15H20F3NO5S. The minimum absolute atomic E-state index is 0.0416. The predicted octanol–water partition coefficient (Wildman–Crippen LogP) is 2.44. The van der Waals surface area contributed by atoms with Crippen LogP contribution in [0.3, 0.4) is 0 Å². The Morgan fingerprint density at radius 2 is 1.84 bits per heavy atom. The van der Waals surface area contributed by atoms with Crippen molar-refractivity contribution in [3.8, 4) is 11.5 Å². The minimum atomic E-state index is -4.67. The molecule has 1 aromatic rings. The molecule has 0 unspecified atom stereocenters. The van der Waals surface area contributed by atoms with Gasteiger partial charge in [0.1, 0.15) is 22.9 Å². The molecule has 0 aliphatic carbocycles. The standard InChI is InChI=1S/C15H20F3NO5S/c1-22-12-3-4-13(23-2)14(9-12)25(20,21)19(10-15(16,17)18)11-5-7-24-8-6-11/h3-4,9,11H,5-8,10H2,1-2H3. The highest BCUT2D eigenvalue weighted by Gasteiger charge is 2.42. The molecule has 142 valence electrons. The first-order chi connectivity index (χ1) is 11.7. The Hall–Kier alpha value is -1.52. The number of hydrogen-bond donors (Lipinski definition) is 0. The summed E-state index contributed by atoms with van der Waals surface area (Å²) in [5, 5.41) is 0. The number of alkyl halides is 3. The lowest BCUT2D eigenvalue weighted by Gasteiger charge is -2.34. The quantitative estimate of drug-likeness (QED) is 0.755. The molecule has 0 N–H and O–H groups in total. The number of hydrogen-bond acceptors (Lipinski definition) is 5. The van der Waals surface area contributed by atoms with Gasteiger partial charge in [0.15, 0.2) is 0 Å². The van der Waals surface area contributed by atoms with Gasteiger partial charge >= 0.3 is 6.18 Å². The Balaban J connectivity index is 2.50. The zero-order valence-electron chi connectivity index (χ0n) is 13.9. The van der Waals surface area contributed by atoms with Crippen molar-refractivity contribution in [2.45, 2.75) is 30.0 Å². The van der Waals surface area contributed by atoms with Crippen molar-refractivity contribution >= 4 is 10.0 Å². The summed E-state index contributed by atoms with van der Waals surface area (Å²) in [5.41, 5.74) is 0. The molecule has 2 rings (SSSR count). The van der Waals surface area contributed by atoms with E-state index in [0.717, 1.165) is 6.07 Å². The molecule has 1 saturated heterocycles. The Labute approximate surface area is 144 Å². The summed E-state index contributed by atoms with van der Waals surface area (Å²) in [7, 11) is -1.87. The molecule has 1 aliphatic rings. The lowest BCUT2D eigenvalue weighted by atomic mass is 10.1. The third kappa shape index (κ3) is 4.77. The highest BCUT2D eigenvalue weighted by molar-refractivity contribution is 7.89. The van der Waals surface area contributed by atoms with Crippen LogP contribution in [0.15, 0.2) is 23.1 Å². The highest BCUT2D eigenvalue weighted by atomic mass is 32.2. The van der Waals surface area contributed by atoms with E-state index in [4.69, 9.17) is 14.2 Å². The van der Waals surface area contributed by atoms with Gasteiger partial charge in [0.2, 0.25) is 10.0 Å². The number of halogens is 3. The van der Waals surface area contributed by atoms with Crippen LogP contribution in [-0.2, 0) is 14.8 Å². The molecule has 0 amide bonds. The van der Waals surface area contributed by atoms with Gasteiger partial charge in [-0.1, -0.05) is 0 Å². The fourth-order valence-corrected chi connectivity index (χ4v) is 4.52. The van der Waals surface area contributed by atoms with E-state index in [9.17, 15) is 21.6 Å². The number of rotatable bonds is 6. The number of benzene rings is 1. The maximum atomic E-state index is 13.0. The topological polar surface area (TPSA) is 65.1 Å². The van der Waals surface area contributed by atoms with Gasteiger partial charge in [-0.3, -0.25) is 0 Å². The molecule has 0 aromatic heterocycles. The van der Waals surface area contributed by atoms with E-state index < -0.39 is 28.8 Å². The van der Waals surface area contributed by atoms with E-state index >= 15 is 0 Å². The molecule has 6 nitrogen and oxygen atoms in total. The van der Waals surface area contributed by atoms with Gasteiger partial charge in [-0.05, 0) is 25.0 Å². The van der Waals surface area contributed by atoms with Crippen molar-refractivity contribution in [1.82, 2.24) is 4.31 Å². The maximum Gasteiger partial charge on any atom is 0.402 e. The van der Waals surface area contributed by atoms with Gasteiger partial charge in [0.05, 0.1) is 14.2 Å². The molecular weight excluding hydrogens is 363 g/mol. The summed E-state index contributed by atoms with van der Waals surface area (Å²) in [6, 6.07) is 3.19. The molecule has 25 heavy (non-hydrogen) atoms. The van der Waals surface area contributed by atoms with E-state index in [0.29, 0.717) is 4.31 Å². The summed E-state index contributed by atoms with van der Waals surface area (Å²) in [6.07, 6.45) is -4.28. The van der Waals surface area contributed by atoms with E-state index in [1.165, 1.54) is 26.4 Å². The van der Waals surface area contributed by atoms with Crippen LogP contribution in [0.5, 0.6) is 11.5 Å². The summed E-state index contributed by atoms with van der Waals surface area (Å²) in [4.78, 5) is -0.356. The minimum Gasteiger partial charge on any atom is -0.497 e. The van der Waals surface area contributed by atoms with Crippen LogP contribution in [0.1, 0.15) is 12.8 Å². The molecule has 0 spiro atoms. The normalized spacial score (nSPS) is 16.9. The number of nitrogens with zero attached hydrogens (tertiary/aromatic N) is 1. The fraction of sp³-hybridized carbons (Fsp3) is 0.600. The van der Waals surface area contributed by atoms with Crippen LogP contribution in [0.4, 0.5) is 13.2 Å². The SMILES string of the molecule is COc1ccc(OC)c(S(=O)(=O)N(CC(F)(F)F)C2CCOCC2)c1. The van der Waals surface area contributed by atoms with Gasteiger partial charge in [-0.15, -0.1) is 0 Å². The average Bonchev–Trinajstić information content (AvgIpc) is 2.59. The van der Waals surface area contributed by atoms with Gasteiger partial charge < -0.3 is 14.2 Å². The molecule has 0 bridgehead atoms. The molecule has 1 heterocycles. The van der Waals surface area contributed by atoms with Crippen LogP contribution < -0.4 is 9.47 Å². The first-order valence-corrected chi connectivity index (χ1v) is 9.01. The monoisotopic (exact) mass is 383 g/mol. The number of methoxy groups -OCH3 is 2. The van der Waals surface area contributed by atoms with Crippen molar-refractivity contribution < 1.29 is 35.8 Å². The van der Waals surface area contributed by atoms with Crippen LogP contribution >= 0.6 is 0 Å². The maximum absolute atomic E-state index is 13.0. The van der Waals surface area contributed by atoms with Crippen molar-refractivity contribution in [2.75, 3.05) is 34.0 Å². The zero-order chi connectivity index (χ0) is 18.7. The third-order valence-electron chi connectivity index (χ3n) is 3.89. The molecule has 1 aliphatic heterocycles. The first kappa shape index (κ1) is 19.8. The predicted molar refractivity (Wildman–Crippen MR) is 83.3 cm³/mol. The molecule has 10 heteroatoms. The molecule has 0 saturated carbocycles. The number of ether oxygens (including phenoxy) is 3. The Kier molecular flexibility index (Phi) is 6.17. The van der Waals surface area contributed by atoms with Gasteiger partial charge in [-0.25, -0.2) is 8.42 Å².